The second-order valence-electron chi connectivity index (χ2n) is 5.57. The molecule has 1 amide bonds. The monoisotopic (exact) mass is 284 g/mol. The molecule has 2 N–H and O–H groups in total. The number of hydrogen-bond donors (Lipinski definition) is 2. The Morgan fingerprint density at radius 3 is 2.67 bits per heavy atom. The number of carbonyl (C=O) groups excluding carboxylic acids is 1. The minimum Gasteiger partial charge on any atom is -0.394 e. The Balaban J connectivity index is 1.66. The number of benzene rings is 1. The van der Waals surface area contributed by atoms with E-state index in [0.717, 1.165) is 18.4 Å². The van der Waals surface area contributed by atoms with E-state index in [2.05, 4.69) is 5.32 Å². The van der Waals surface area contributed by atoms with E-state index in [9.17, 15) is 9.90 Å². The molecule has 1 aliphatic rings. The zero-order valence-corrected chi connectivity index (χ0v) is 11.9. The molecular formula is C17H20N2O2. The number of aliphatic hydroxyl groups excluding tert-OH is 1. The van der Waals surface area contributed by atoms with Gasteiger partial charge in [0.2, 0.25) is 0 Å². The van der Waals surface area contributed by atoms with Crippen LogP contribution in [0.5, 0.6) is 0 Å². The largest absolute Gasteiger partial charge is 0.394 e. The Morgan fingerprint density at radius 1 is 1.24 bits per heavy atom. The molecule has 0 saturated heterocycles. The van der Waals surface area contributed by atoms with Crippen LogP contribution in [0.3, 0.4) is 0 Å². The van der Waals surface area contributed by atoms with E-state index in [0.29, 0.717) is 18.2 Å². The van der Waals surface area contributed by atoms with Crippen LogP contribution < -0.4 is 5.32 Å². The molecule has 3 rings (SSSR count). The molecular weight excluding hydrogens is 264 g/mol. The molecule has 1 aliphatic carbocycles. The van der Waals surface area contributed by atoms with E-state index in [4.69, 9.17) is 0 Å². The van der Waals surface area contributed by atoms with Gasteiger partial charge in [0.05, 0.1) is 12.6 Å². The molecule has 1 atom stereocenters. The fourth-order valence-corrected chi connectivity index (χ4v) is 2.58. The Bertz CT molecular complexity index is 602. The maximum atomic E-state index is 12.4. The van der Waals surface area contributed by atoms with Gasteiger partial charge in [0.15, 0.2) is 0 Å². The number of aliphatic hydroxyl groups is 1. The summed E-state index contributed by atoms with van der Waals surface area (Å²) in [4.78, 5) is 12.4. The highest BCUT2D eigenvalue weighted by atomic mass is 16.3. The molecule has 4 nitrogen and oxygen atoms in total. The van der Waals surface area contributed by atoms with Gasteiger partial charge in [-0.1, -0.05) is 30.3 Å². The number of nitrogens with one attached hydrogen (secondary N) is 1. The highest BCUT2D eigenvalue weighted by Crippen LogP contribution is 2.35. The Kier molecular flexibility index (Phi) is 4.06. The normalized spacial score (nSPS) is 15.7. The summed E-state index contributed by atoms with van der Waals surface area (Å²) >= 11 is 0. The summed E-state index contributed by atoms with van der Waals surface area (Å²) in [5.74, 6) is -0.109. The minimum atomic E-state index is -0.262. The van der Waals surface area contributed by atoms with Gasteiger partial charge in [-0.05, 0) is 37.0 Å². The van der Waals surface area contributed by atoms with Crippen LogP contribution in [0.25, 0.3) is 0 Å². The van der Waals surface area contributed by atoms with Crippen molar-refractivity contribution in [3.8, 4) is 0 Å². The number of carbonyl (C=O) groups is 1. The van der Waals surface area contributed by atoms with Crippen LogP contribution in [-0.4, -0.2) is 28.2 Å². The summed E-state index contributed by atoms with van der Waals surface area (Å²) in [6.45, 7) is -0.0647. The lowest BCUT2D eigenvalue weighted by molar-refractivity contribution is 0.0907. The van der Waals surface area contributed by atoms with Crippen molar-refractivity contribution >= 4 is 5.91 Å². The average Bonchev–Trinajstić information content (AvgIpc) is 3.24. The van der Waals surface area contributed by atoms with Crippen molar-refractivity contribution in [2.75, 3.05) is 6.61 Å². The van der Waals surface area contributed by atoms with E-state index in [1.54, 1.807) is 0 Å². The summed E-state index contributed by atoms with van der Waals surface area (Å²) in [5.41, 5.74) is 1.79. The lowest BCUT2D eigenvalue weighted by Crippen LogP contribution is -2.39. The first kappa shape index (κ1) is 13.9. The predicted octanol–water partition coefficient (Wildman–Crippen LogP) is 2.16. The molecule has 1 aromatic carbocycles. The van der Waals surface area contributed by atoms with Gasteiger partial charge < -0.3 is 15.0 Å². The quantitative estimate of drug-likeness (QED) is 0.854. The van der Waals surface area contributed by atoms with E-state index in [-0.39, 0.29) is 18.6 Å². The third-order valence-corrected chi connectivity index (χ3v) is 3.83. The Labute approximate surface area is 124 Å². The summed E-state index contributed by atoms with van der Waals surface area (Å²) in [7, 11) is 0. The molecule has 0 aliphatic heterocycles. The van der Waals surface area contributed by atoms with Crippen LogP contribution in [0.2, 0.25) is 0 Å². The van der Waals surface area contributed by atoms with Gasteiger partial charge in [-0.2, -0.15) is 0 Å². The second kappa shape index (κ2) is 6.14. The highest BCUT2D eigenvalue weighted by Gasteiger charge is 2.27. The van der Waals surface area contributed by atoms with Crippen molar-refractivity contribution in [2.45, 2.75) is 31.3 Å². The van der Waals surface area contributed by atoms with Crippen molar-refractivity contribution < 1.29 is 9.90 Å². The van der Waals surface area contributed by atoms with Crippen molar-refractivity contribution in [1.29, 1.82) is 0 Å². The van der Waals surface area contributed by atoms with Gasteiger partial charge in [0, 0.05) is 12.2 Å². The van der Waals surface area contributed by atoms with E-state index < -0.39 is 0 Å². The molecule has 0 radical (unpaired) electrons. The van der Waals surface area contributed by atoms with Gasteiger partial charge in [-0.3, -0.25) is 4.79 Å². The van der Waals surface area contributed by atoms with Crippen LogP contribution in [-0.2, 0) is 6.42 Å². The molecule has 2 aromatic rings. The van der Waals surface area contributed by atoms with Gasteiger partial charge in [0.1, 0.15) is 5.69 Å². The fraction of sp³-hybridized carbons (Fsp3) is 0.353. The number of nitrogens with zero attached hydrogens (tertiary/aromatic N) is 1. The number of rotatable bonds is 6. The molecule has 1 fully saturated rings. The van der Waals surface area contributed by atoms with Crippen LogP contribution in [0.15, 0.2) is 48.7 Å². The Morgan fingerprint density at radius 2 is 2.00 bits per heavy atom. The molecule has 21 heavy (non-hydrogen) atoms. The second-order valence-corrected chi connectivity index (χ2v) is 5.57. The lowest BCUT2D eigenvalue weighted by Gasteiger charge is -2.17. The van der Waals surface area contributed by atoms with Crippen molar-refractivity contribution in [3.05, 3.63) is 59.9 Å². The molecule has 4 heteroatoms. The number of hydrogen-bond acceptors (Lipinski definition) is 2. The molecule has 0 unspecified atom stereocenters. The zero-order valence-electron chi connectivity index (χ0n) is 11.9. The maximum Gasteiger partial charge on any atom is 0.268 e. The highest BCUT2D eigenvalue weighted by molar-refractivity contribution is 5.93. The number of amides is 1. The van der Waals surface area contributed by atoms with Crippen molar-refractivity contribution in [1.82, 2.24) is 9.88 Å². The van der Waals surface area contributed by atoms with Crippen molar-refractivity contribution in [2.24, 2.45) is 0 Å². The van der Waals surface area contributed by atoms with Gasteiger partial charge >= 0.3 is 0 Å². The minimum absolute atomic E-state index is 0.0647. The summed E-state index contributed by atoms with van der Waals surface area (Å²) in [5, 5.41) is 12.4. The topological polar surface area (TPSA) is 54.3 Å². The fourth-order valence-electron chi connectivity index (χ4n) is 2.58. The number of aromatic nitrogens is 1. The standard InChI is InChI=1S/C17H20N2O2/c20-12-14(11-13-5-2-1-3-6-13)18-17(21)16-7-4-10-19(16)15-8-9-15/h1-7,10,14-15,20H,8-9,11-12H2,(H,18,21)/t14-/m1/s1. The van der Waals surface area contributed by atoms with Crippen LogP contribution in [0.1, 0.15) is 34.9 Å². The molecule has 1 aromatic heterocycles. The lowest BCUT2D eigenvalue weighted by atomic mass is 10.1. The summed E-state index contributed by atoms with van der Waals surface area (Å²) < 4.78 is 2.03. The summed E-state index contributed by atoms with van der Waals surface area (Å²) in [6.07, 6.45) is 4.87. The van der Waals surface area contributed by atoms with Gasteiger partial charge in [0.25, 0.3) is 5.91 Å². The Hall–Kier alpha value is -2.07. The molecule has 1 saturated carbocycles. The zero-order chi connectivity index (χ0) is 14.7. The first-order chi connectivity index (χ1) is 10.3. The van der Waals surface area contributed by atoms with Gasteiger partial charge in [-0.15, -0.1) is 0 Å². The van der Waals surface area contributed by atoms with Crippen molar-refractivity contribution in [3.63, 3.8) is 0 Å². The van der Waals surface area contributed by atoms with Crippen LogP contribution in [0.4, 0.5) is 0 Å². The predicted molar refractivity (Wildman–Crippen MR) is 81.2 cm³/mol. The van der Waals surface area contributed by atoms with Crippen LogP contribution >= 0.6 is 0 Å². The first-order valence-corrected chi connectivity index (χ1v) is 7.40. The van der Waals surface area contributed by atoms with Gasteiger partial charge in [-0.25, -0.2) is 0 Å². The van der Waals surface area contributed by atoms with E-state index in [1.807, 2.05) is 53.2 Å². The maximum absolute atomic E-state index is 12.4. The van der Waals surface area contributed by atoms with E-state index >= 15 is 0 Å². The summed E-state index contributed by atoms with van der Waals surface area (Å²) in [6, 6.07) is 13.8. The van der Waals surface area contributed by atoms with E-state index in [1.165, 1.54) is 0 Å². The van der Waals surface area contributed by atoms with Crippen LogP contribution in [0, 0.1) is 0 Å². The smallest absolute Gasteiger partial charge is 0.268 e. The third kappa shape index (κ3) is 3.34. The third-order valence-electron chi connectivity index (χ3n) is 3.83. The SMILES string of the molecule is O=C(N[C@@H](CO)Cc1ccccc1)c1cccn1C1CC1. The molecule has 110 valence electrons. The molecule has 0 bridgehead atoms. The molecule has 1 heterocycles. The molecule has 0 spiro atoms. The first-order valence-electron chi connectivity index (χ1n) is 7.40. The average molecular weight is 284 g/mol.